The molecule has 0 aliphatic carbocycles. The van der Waals surface area contributed by atoms with Gasteiger partial charge in [0.15, 0.2) is 35.0 Å². The number of aromatic nitrogens is 8. The second kappa shape index (κ2) is 11.9. The Morgan fingerprint density at radius 2 is 1.91 bits per heavy atom. The Morgan fingerprint density at radius 3 is 2.67 bits per heavy atom. The van der Waals surface area contributed by atoms with Crippen LogP contribution in [0.1, 0.15) is 45.6 Å². The van der Waals surface area contributed by atoms with E-state index in [9.17, 15) is 14.3 Å². The lowest BCUT2D eigenvalue weighted by Gasteiger charge is -2.34. The Morgan fingerprint density at radius 1 is 1.15 bits per heavy atom. The van der Waals surface area contributed by atoms with Crippen LogP contribution in [-0.4, -0.2) is 81.1 Å². The molecule has 0 saturated carbocycles. The van der Waals surface area contributed by atoms with Crippen LogP contribution in [-0.2, 0) is 43.9 Å². The van der Waals surface area contributed by atoms with Crippen molar-refractivity contribution in [3.63, 3.8) is 0 Å². The van der Waals surface area contributed by atoms with Crippen LogP contribution < -0.4 is 17.0 Å². The first-order valence-electron chi connectivity index (χ1n) is 14.4. The van der Waals surface area contributed by atoms with Crippen LogP contribution in [0.5, 0.6) is 0 Å². The SMILES string of the molecule is CC[C@H]1[C@H](n2cnc3c(N)ncnc32)O[C@]2(CC)CO[P+](=O)O[C@@H]3C[C@@H](COP(O)(=S)O[C@@H]12)O[C@H]3n1cnc2c(=O)[nH]c(N)nc21. The number of imidazole rings is 2. The molecule has 4 aromatic heterocycles. The molecule has 0 radical (unpaired) electrons. The zero-order valence-corrected chi connectivity index (χ0v) is 27.1. The Kier molecular flexibility index (Phi) is 8.16. The fourth-order valence-electron chi connectivity index (χ4n) is 6.29. The summed E-state index contributed by atoms with van der Waals surface area (Å²) >= 11 is 5.50. The van der Waals surface area contributed by atoms with E-state index in [1.807, 2.05) is 13.8 Å². The lowest BCUT2D eigenvalue weighted by Crippen LogP contribution is -2.46. The van der Waals surface area contributed by atoms with Crippen LogP contribution in [0.15, 0.2) is 23.8 Å². The van der Waals surface area contributed by atoms with Gasteiger partial charge in [-0.1, -0.05) is 13.8 Å². The average Bonchev–Trinajstić information content (AvgIpc) is 3.78. The van der Waals surface area contributed by atoms with E-state index in [2.05, 4.69) is 29.9 Å². The zero-order valence-electron chi connectivity index (χ0n) is 24.5. The summed E-state index contributed by atoms with van der Waals surface area (Å²) in [5, 5.41) is 0. The van der Waals surface area contributed by atoms with Gasteiger partial charge in [-0.25, -0.2) is 19.9 Å². The first kappa shape index (κ1) is 31.6. The van der Waals surface area contributed by atoms with Gasteiger partial charge in [0.25, 0.3) is 5.56 Å². The number of H-pyrrole nitrogens is 1. The van der Waals surface area contributed by atoms with E-state index in [4.69, 9.17) is 50.8 Å². The predicted molar refractivity (Wildman–Crippen MR) is 164 cm³/mol. The number of nitrogens with zero attached hydrogens (tertiary/aromatic N) is 7. The fraction of sp³-hybridized carbons (Fsp3) is 0.583. The van der Waals surface area contributed by atoms with E-state index in [0.29, 0.717) is 24.0 Å². The molecule has 2 unspecified atom stereocenters. The molecule has 2 bridgehead atoms. The molecule has 7 rings (SSSR count). The first-order chi connectivity index (χ1) is 22.0. The number of hydrogen-bond donors (Lipinski definition) is 4. The highest BCUT2D eigenvalue weighted by Crippen LogP contribution is 2.56. The lowest BCUT2D eigenvalue weighted by atomic mass is 9.87. The molecule has 19 nitrogen and oxygen atoms in total. The smallest absolute Gasteiger partial charge is 0.382 e. The van der Waals surface area contributed by atoms with Crippen LogP contribution in [0.3, 0.4) is 0 Å². The van der Waals surface area contributed by atoms with Crippen LogP contribution in [0.4, 0.5) is 11.8 Å². The van der Waals surface area contributed by atoms with Crippen molar-refractivity contribution in [3.8, 4) is 0 Å². The van der Waals surface area contributed by atoms with E-state index in [-0.39, 0.29) is 42.6 Å². The van der Waals surface area contributed by atoms with Gasteiger partial charge in [0, 0.05) is 16.9 Å². The minimum atomic E-state index is -3.93. The van der Waals surface area contributed by atoms with Gasteiger partial charge >= 0.3 is 15.0 Å². The van der Waals surface area contributed by atoms with Crippen molar-refractivity contribution in [1.29, 1.82) is 0 Å². The molecule has 6 N–H and O–H groups in total. The highest BCUT2D eigenvalue weighted by molar-refractivity contribution is 8.07. The Labute approximate surface area is 266 Å². The summed E-state index contributed by atoms with van der Waals surface area (Å²) in [5.74, 6) is -0.321. The number of hydrogen-bond acceptors (Lipinski definition) is 16. The minimum absolute atomic E-state index is 0.0275. The van der Waals surface area contributed by atoms with Gasteiger partial charge in [-0.05, 0) is 24.6 Å². The van der Waals surface area contributed by atoms with Gasteiger partial charge in [0.05, 0.1) is 25.4 Å². The molecule has 46 heavy (non-hydrogen) atoms. The molecular formula is C24H31N10O9P2S+. The lowest BCUT2D eigenvalue weighted by molar-refractivity contribution is -0.123. The second-order valence-corrected chi connectivity index (χ2v) is 14.9. The summed E-state index contributed by atoms with van der Waals surface area (Å²) in [5.41, 5.74) is 11.0. The summed E-state index contributed by atoms with van der Waals surface area (Å²) in [6.45, 7) is -0.568. The number of nitrogens with two attached hydrogens (primary N) is 2. The van der Waals surface area contributed by atoms with Gasteiger partial charge in [0.2, 0.25) is 5.95 Å². The molecule has 22 heteroatoms. The minimum Gasteiger partial charge on any atom is -0.382 e. The molecule has 246 valence electrons. The molecular weight excluding hydrogens is 666 g/mol. The van der Waals surface area contributed by atoms with E-state index in [0.717, 1.165) is 0 Å². The summed E-state index contributed by atoms with van der Waals surface area (Å²) in [6.07, 6.45) is 1.14. The fourth-order valence-corrected chi connectivity index (χ4v) is 8.60. The number of rotatable bonds is 4. The molecule has 3 aliphatic rings. The maximum absolute atomic E-state index is 13.4. The summed E-state index contributed by atoms with van der Waals surface area (Å²) in [6, 6.07) is 0. The maximum Gasteiger partial charge on any atom is 0.697 e. The number of fused-ring (bicyclic) bond motifs is 5. The van der Waals surface area contributed by atoms with Gasteiger partial charge in [-0.2, -0.15) is 4.98 Å². The number of anilines is 2. The standard InChI is InChI=1S/C24H30N10O9P2S/c1-3-12-16-24(4-2,41-21(12)33-9-29-14-17(25)27-8-28-18(14)33)7-38-44(36)42-13-5-11(6-39-45(37,46)43-16)40-22(13)34-10-30-15-19(34)31-23(26)32-20(15)35/h8-13,16,21-22H,3-7H2,1-2H3,(H5-,25,26,27,28,31,32,35,37,46)/p+1/t11-,12+,13+,16-,21+,22+,24+,45?/m0/s1. The van der Waals surface area contributed by atoms with Crippen molar-refractivity contribution in [3.05, 3.63) is 29.3 Å². The average molecular weight is 698 g/mol. The number of nitrogens with one attached hydrogen (secondary N) is 1. The molecule has 0 aromatic carbocycles. The number of nitrogen functional groups attached to an aromatic ring is 2. The van der Waals surface area contributed by atoms with Crippen molar-refractivity contribution < 1.29 is 37.0 Å². The van der Waals surface area contributed by atoms with Crippen molar-refractivity contribution in [2.75, 3.05) is 24.7 Å². The number of ether oxygens (including phenoxy) is 2. The highest BCUT2D eigenvalue weighted by atomic mass is 32.5. The topological polar surface area (TPSA) is 252 Å². The van der Waals surface area contributed by atoms with Gasteiger partial charge in [-0.3, -0.25) is 18.9 Å². The normalized spacial score (nSPS) is 34.7. The van der Waals surface area contributed by atoms with Crippen LogP contribution >= 0.6 is 15.0 Å². The maximum atomic E-state index is 13.4. The predicted octanol–water partition coefficient (Wildman–Crippen LogP) is 1.81. The van der Waals surface area contributed by atoms with Gasteiger partial charge in [-0.15, -0.1) is 9.05 Å². The highest BCUT2D eigenvalue weighted by Gasteiger charge is 2.59. The van der Waals surface area contributed by atoms with Gasteiger partial charge < -0.3 is 34.9 Å². The summed E-state index contributed by atoms with van der Waals surface area (Å²) < 4.78 is 53.3. The summed E-state index contributed by atoms with van der Waals surface area (Å²) in [4.78, 5) is 47.2. The van der Waals surface area contributed by atoms with E-state index in [1.54, 1.807) is 10.9 Å². The Balaban J connectivity index is 1.22. The Bertz CT molecular complexity index is 1920. The van der Waals surface area contributed by atoms with Gasteiger partial charge in [0.1, 0.15) is 36.4 Å². The molecule has 3 saturated heterocycles. The van der Waals surface area contributed by atoms with Crippen LogP contribution in [0, 0.1) is 5.92 Å². The largest absolute Gasteiger partial charge is 0.697 e. The molecule has 7 heterocycles. The third-order valence-corrected chi connectivity index (χ3v) is 10.9. The van der Waals surface area contributed by atoms with Crippen LogP contribution in [0.25, 0.3) is 22.3 Å². The monoisotopic (exact) mass is 697 g/mol. The van der Waals surface area contributed by atoms with Crippen molar-refractivity contribution in [2.24, 2.45) is 5.92 Å². The van der Waals surface area contributed by atoms with Crippen molar-refractivity contribution in [2.45, 2.75) is 69.5 Å². The third-order valence-electron chi connectivity index (χ3n) is 8.54. The Hall–Kier alpha value is -3.03. The molecule has 0 spiro atoms. The van der Waals surface area contributed by atoms with Crippen LogP contribution in [0.2, 0.25) is 0 Å². The second-order valence-electron chi connectivity index (χ2n) is 11.2. The van der Waals surface area contributed by atoms with Crippen molar-refractivity contribution in [1.82, 2.24) is 39.0 Å². The van der Waals surface area contributed by atoms with E-state index >= 15 is 0 Å². The first-order valence-corrected chi connectivity index (χ1v) is 18.1. The van der Waals surface area contributed by atoms with E-state index in [1.165, 1.54) is 17.2 Å². The molecule has 4 aromatic rings. The molecule has 3 fully saturated rings. The summed E-state index contributed by atoms with van der Waals surface area (Å²) in [7, 11) is -2.75. The quantitative estimate of drug-likeness (QED) is 0.222. The van der Waals surface area contributed by atoms with Crippen molar-refractivity contribution >= 4 is 60.9 Å². The van der Waals surface area contributed by atoms with E-state index < -0.39 is 62.8 Å². The zero-order chi connectivity index (χ0) is 32.4. The molecule has 3 aliphatic heterocycles. The molecule has 9 atom stereocenters. The third kappa shape index (κ3) is 5.41. The number of aromatic amines is 1. The molecule has 0 amide bonds.